The third-order valence-corrected chi connectivity index (χ3v) is 7.85. The van der Waals surface area contributed by atoms with Crippen molar-refractivity contribution in [1.29, 1.82) is 0 Å². The van der Waals surface area contributed by atoms with Crippen LogP contribution in [0.4, 0.5) is 4.39 Å². The number of ketones is 1. The number of fused-ring (bicyclic) bond motifs is 5. The van der Waals surface area contributed by atoms with E-state index in [2.05, 4.69) is 13.8 Å². The van der Waals surface area contributed by atoms with Gasteiger partial charge in [-0.15, -0.1) is 0 Å². The van der Waals surface area contributed by atoms with Gasteiger partial charge < -0.3 is 0 Å². The molecule has 0 aliphatic heterocycles. The van der Waals surface area contributed by atoms with Gasteiger partial charge >= 0.3 is 0 Å². The van der Waals surface area contributed by atoms with Crippen LogP contribution in [0.25, 0.3) is 0 Å². The van der Waals surface area contributed by atoms with Crippen LogP contribution in [0.5, 0.6) is 0 Å². The molecule has 1 nitrogen and oxygen atoms in total. The highest BCUT2D eigenvalue weighted by Crippen LogP contribution is 2.65. The van der Waals surface area contributed by atoms with Crippen molar-refractivity contribution < 1.29 is 9.18 Å². The predicted octanol–water partition coefficient (Wildman–Crippen LogP) is 4.86. The standard InChI is InChI=1S/C19H27FO/c1-18-9-7-13(21)11-12(18)3-4-14-15-5-6-17(20)19(15,2)10-8-16(14)18/h11,14-17H,3-10H2,1-2H3/t14-,15-,16-,17+,18-,19-/m0/s1. The van der Waals surface area contributed by atoms with E-state index in [1.807, 2.05) is 6.08 Å². The van der Waals surface area contributed by atoms with E-state index in [4.69, 9.17) is 0 Å². The van der Waals surface area contributed by atoms with Gasteiger partial charge in [0.15, 0.2) is 5.78 Å². The summed E-state index contributed by atoms with van der Waals surface area (Å²) in [6.45, 7) is 4.61. The first kappa shape index (κ1) is 14.0. The van der Waals surface area contributed by atoms with Gasteiger partial charge in [0, 0.05) is 11.8 Å². The fraction of sp³-hybridized carbons (Fsp3) is 0.842. The molecule has 0 N–H and O–H groups in total. The number of carbonyl (C=O) groups excluding carboxylic acids is 1. The van der Waals surface area contributed by atoms with Crippen LogP contribution < -0.4 is 0 Å². The minimum Gasteiger partial charge on any atom is -0.295 e. The molecule has 0 aromatic carbocycles. The van der Waals surface area contributed by atoms with Gasteiger partial charge in [-0.05, 0) is 74.2 Å². The summed E-state index contributed by atoms with van der Waals surface area (Å²) in [4.78, 5) is 11.8. The lowest BCUT2D eigenvalue weighted by Crippen LogP contribution is -2.50. The number of rotatable bonds is 0. The highest BCUT2D eigenvalue weighted by Gasteiger charge is 2.59. The molecule has 4 aliphatic carbocycles. The minimum atomic E-state index is -0.582. The second-order valence-electron chi connectivity index (χ2n) is 8.56. The molecule has 0 unspecified atom stereocenters. The Kier molecular flexibility index (Phi) is 2.94. The van der Waals surface area contributed by atoms with Crippen molar-refractivity contribution in [3.05, 3.63) is 11.6 Å². The van der Waals surface area contributed by atoms with Gasteiger partial charge in [0.05, 0.1) is 0 Å². The lowest BCUT2D eigenvalue weighted by Gasteiger charge is -2.57. The zero-order valence-electron chi connectivity index (χ0n) is 13.3. The normalized spacial score (nSPS) is 52.7. The van der Waals surface area contributed by atoms with Crippen molar-refractivity contribution >= 4 is 5.78 Å². The number of carbonyl (C=O) groups is 1. The summed E-state index contributed by atoms with van der Waals surface area (Å²) in [6.07, 6.45) is 9.48. The summed E-state index contributed by atoms with van der Waals surface area (Å²) in [6, 6.07) is 0. The summed E-state index contributed by atoms with van der Waals surface area (Å²) in [5, 5.41) is 0. The van der Waals surface area contributed by atoms with Crippen molar-refractivity contribution in [2.45, 2.75) is 71.4 Å². The van der Waals surface area contributed by atoms with Crippen LogP contribution in [-0.2, 0) is 4.79 Å². The summed E-state index contributed by atoms with van der Waals surface area (Å²) < 4.78 is 14.4. The number of allylic oxidation sites excluding steroid dienone is 1. The highest BCUT2D eigenvalue weighted by atomic mass is 19.1. The third kappa shape index (κ3) is 1.77. The second kappa shape index (κ2) is 4.43. The van der Waals surface area contributed by atoms with Crippen LogP contribution in [0.3, 0.4) is 0 Å². The Morgan fingerprint density at radius 1 is 1.05 bits per heavy atom. The smallest absolute Gasteiger partial charge is 0.155 e. The molecule has 3 saturated carbocycles. The minimum absolute atomic E-state index is 0.0524. The van der Waals surface area contributed by atoms with Crippen LogP contribution in [0, 0.1) is 28.6 Å². The first-order valence-corrected chi connectivity index (χ1v) is 8.83. The van der Waals surface area contributed by atoms with E-state index in [-0.39, 0.29) is 10.8 Å². The molecule has 0 heterocycles. The fourth-order valence-electron chi connectivity index (χ4n) is 6.50. The quantitative estimate of drug-likeness (QED) is 0.623. The molecule has 116 valence electrons. The van der Waals surface area contributed by atoms with E-state index < -0.39 is 6.17 Å². The van der Waals surface area contributed by atoms with Crippen molar-refractivity contribution in [3.8, 4) is 0 Å². The number of alkyl halides is 1. The van der Waals surface area contributed by atoms with E-state index in [1.165, 1.54) is 18.4 Å². The van der Waals surface area contributed by atoms with Crippen LogP contribution in [0.1, 0.15) is 65.2 Å². The molecule has 3 fully saturated rings. The fourth-order valence-corrected chi connectivity index (χ4v) is 6.50. The largest absolute Gasteiger partial charge is 0.295 e. The molecule has 0 saturated heterocycles. The Bertz CT molecular complexity index is 510. The summed E-state index contributed by atoms with van der Waals surface area (Å²) in [5.41, 5.74) is 1.59. The molecule has 0 aromatic heterocycles. The van der Waals surface area contributed by atoms with Gasteiger partial charge in [0.1, 0.15) is 6.17 Å². The van der Waals surface area contributed by atoms with Gasteiger partial charge in [-0.1, -0.05) is 19.4 Å². The predicted molar refractivity (Wildman–Crippen MR) is 81.6 cm³/mol. The Balaban J connectivity index is 1.69. The molecule has 4 aliphatic rings. The topological polar surface area (TPSA) is 17.1 Å². The molecule has 6 atom stereocenters. The van der Waals surface area contributed by atoms with Crippen LogP contribution in [0.2, 0.25) is 0 Å². The monoisotopic (exact) mass is 290 g/mol. The Hall–Kier alpha value is -0.660. The lowest BCUT2D eigenvalue weighted by molar-refractivity contribution is -0.117. The molecule has 21 heavy (non-hydrogen) atoms. The Morgan fingerprint density at radius 3 is 2.67 bits per heavy atom. The first-order valence-electron chi connectivity index (χ1n) is 8.83. The molecule has 0 radical (unpaired) electrons. The van der Waals surface area contributed by atoms with E-state index in [0.29, 0.717) is 23.5 Å². The zero-order valence-corrected chi connectivity index (χ0v) is 13.3. The van der Waals surface area contributed by atoms with Gasteiger partial charge in [-0.2, -0.15) is 0 Å². The van der Waals surface area contributed by atoms with Crippen molar-refractivity contribution in [2.75, 3.05) is 0 Å². The maximum atomic E-state index is 14.4. The average molecular weight is 290 g/mol. The maximum Gasteiger partial charge on any atom is 0.155 e. The molecule has 4 rings (SSSR count). The van der Waals surface area contributed by atoms with Crippen LogP contribution in [0.15, 0.2) is 11.6 Å². The lowest BCUT2D eigenvalue weighted by atomic mass is 9.47. The summed E-state index contributed by atoms with van der Waals surface area (Å²) in [7, 11) is 0. The van der Waals surface area contributed by atoms with Gasteiger partial charge in [-0.25, -0.2) is 4.39 Å². The van der Waals surface area contributed by atoms with Crippen molar-refractivity contribution in [1.82, 2.24) is 0 Å². The van der Waals surface area contributed by atoms with Gasteiger partial charge in [0.25, 0.3) is 0 Å². The van der Waals surface area contributed by atoms with Crippen molar-refractivity contribution in [2.24, 2.45) is 28.6 Å². The maximum absolute atomic E-state index is 14.4. The van der Waals surface area contributed by atoms with Gasteiger partial charge in [0.2, 0.25) is 0 Å². The van der Waals surface area contributed by atoms with Gasteiger partial charge in [-0.3, -0.25) is 4.79 Å². The second-order valence-corrected chi connectivity index (χ2v) is 8.56. The van der Waals surface area contributed by atoms with E-state index in [0.717, 1.165) is 38.5 Å². The Labute approximate surface area is 127 Å². The number of halogens is 1. The molecule has 0 amide bonds. The van der Waals surface area contributed by atoms with E-state index in [1.54, 1.807) is 0 Å². The number of hydrogen-bond acceptors (Lipinski definition) is 1. The molecular formula is C19H27FO. The average Bonchev–Trinajstić information content (AvgIpc) is 2.76. The highest BCUT2D eigenvalue weighted by molar-refractivity contribution is 5.91. The molecular weight excluding hydrogens is 263 g/mol. The van der Waals surface area contributed by atoms with E-state index in [9.17, 15) is 9.18 Å². The zero-order chi connectivity index (χ0) is 14.8. The SMILES string of the molecule is C[C@]12CC[C@H]3[C@@H](CCC4=CC(=O)CC[C@@]43C)[C@@H]1CC[C@H]2F. The summed E-state index contributed by atoms with van der Waals surface area (Å²) in [5.74, 6) is 2.29. The third-order valence-electron chi connectivity index (χ3n) is 7.85. The van der Waals surface area contributed by atoms with Crippen molar-refractivity contribution in [3.63, 3.8) is 0 Å². The van der Waals surface area contributed by atoms with Crippen LogP contribution >= 0.6 is 0 Å². The van der Waals surface area contributed by atoms with E-state index >= 15 is 0 Å². The van der Waals surface area contributed by atoms with Crippen LogP contribution in [-0.4, -0.2) is 12.0 Å². The molecule has 0 bridgehead atoms. The molecule has 0 spiro atoms. The number of hydrogen-bond donors (Lipinski definition) is 0. The molecule has 0 aromatic rings. The molecule has 2 heteroatoms. The first-order chi connectivity index (χ1) is 9.95. The Morgan fingerprint density at radius 2 is 1.86 bits per heavy atom. The summed E-state index contributed by atoms with van der Waals surface area (Å²) >= 11 is 0.